The first-order valence-electron chi connectivity index (χ1n) is 11.2. The van der Waals surface area contributed by atoms with E-state index in [1.165, 1.54) is 38.5 Å². The molecular formula is C28H42O3. The Kier molecular flexibility index (Phi) is 24.5. The molecule has 0 aliphatic rings. The quantitative estimate of drug-likeness (QED) is 0.391. The van der Waals surface area contributed by atoms with Gasteiger partial charge in [-0.1, -0.05) is 121 Å². The van der Waals surface area contributed by atoms with Crippen molar-refractivity contribution in [1.82, 2.24) is 0 Å². The zero-order valence-corrected chi connectivity index (χ0v) is 19.7. The highest BCUT2D eigenvalue weighted by molar-refractivity contribution is 5.19. The Labute approximate surface area is 190 Å². The van der Waals surface area contributed by atoms with Crippen LogP contribution in [0.3, 0.4) is 0 Å². The van der Waals surface area contributed by atoms with Gasteiger partial charge in [0.05, 0.1) is 0 Å². The zero-order chi connectivity index (χ0) is 23.6. The predicted molar refractivity (Wildman–Crippen MR) is 135 cm³/mol. The average Bonchev–Trinajstić information content (AvgIpc) is 2.78. The van der Waals surface area contributed by atoms with E-state index >= 15 is 0 Å². The van der Waals surface area contributed by atoms with Crippen LogP contribution >= 0.6 is 0 Å². The van der Waals surface area contributed by atoms with Crippen LogP contribution < -0.4 is 0 Å². The van der Waals surface area contributed by atoms with Gasteiger partial charge in [0.15, 0.2) is 0 Å². The zero-order valence-electron chi connectivity index (χ0n) is 19.7. The van der Waals surface area contributed by atoms with Gasteiger partial charge in [-0.15, -0.1) is 0 Å². The maximum atomic E-state index is 8.63. The lowest BCUT2D eigenvalue weighted by Gasteiger charge is -1.82. The number of phenolic OH excluding ortho intramolecular Hbond substituents is 3. The van der Waals surface area contributed by atoms with Crippen LogP contribution in [0, 0.1) is 0 Å². The van der Waals surface area contributed by atoms with E-state index in [0.29, 0.717) is 17.2 Å². The van der Waals surface area contributed by atoms with E-state index in [2.05, 4.69) is 27.7 Å². The molecule has 0 radical (unpaired) electrons. The number of benzene rings is 3. The molecule has 3 nitrogen and oxygen atoms in total. The Bertz CT molecular complexity index is 571. The van der Waals surface area contributed by atoms with Crippen LogP contribution in [0.2, 0.25) is 0 Å². The minimum Gasteiger partial charge on any atom is -0.508 e. The molecule has 0 heterocycles. The van der Waals surface area contributed by atoms with Gasteiger partial charge in [0.25, 0.3) is 0 Å². The van der Waals surface area contributed by atoms with Gasteiger partial charge in [-0.3, -0.25) is 0 Å². The van der Waals surface area contributed by atoms with Gasteiger partial charge in [0, 0.05) is 0 Å². The molecule has 0 aliphatic carbocycles. The minimum atomic E-state index is 0.322. The van der Waals surface area contributed by atoms with Crippen LogP contribution in [0.5, 0.6) is 17.2 Å². The minimum absolute atomic E-state index is 0.322. The summed E-state index contributed by atoms with van der Waals surface area (Å²) in [6.07, 6.45) is 8.15. The number of para-hydroxylation sites is 3. The molecule has 0 saturated heterocycles. The van der Waals surface area contributed by atoms with Crippen LogP contribution in [-0.2, 0) is 0 Å². The van der Waals surface area contributed by atoms with Gasteiger partial charge >= 0.3 is 0 Å². The highest BCUT2D eigenvalue weighted by atomic mass is 16.3. The SMILES string of the molecule is CCCCC.CCCCC.Oc1ccccc1.Oc1ccccc1.Oc1ccccc1. The molecule has 0 aromatic heterocycles. The fourth-order valence-corrected chi connectivity index (χ4v) is 1.99. The maximum absolute atomic E-state index is 8.63. The van der Waals surface area contributed by atoms with Crippen molar-refractivity contribution in [2.45, 2.75) is 66.2 Å². The van der Waals surface area contributed by atoms with Crippen LogP contribution in [0.15, 0.2) is 91.0 Å². The van der Waals surface area contributed by atoms with Crippen LogP contribution in [0.1, 0.15) is 66.2 Å². The topological polar surface area (TPSA) is 60.7 Å². The molecule has 0 bridgehead atoms. The van der Waals surface area contributed by atoms with Crippen LogP contribution in [-0.4, -0.2) is 15.3 Å². The van der Waals surface area contributed by atoms with E-state index in [-0.39, 0.29) is 0 Å². The van der Waals surface area contributed by atoms with Crippen molar-refractivity contribution in [3.05, 3.63) is 91.0 Å². The summed E-state index contributed by atoms with van der Waals surface area (Å²) >= 11 is 0. The molecule has 3 aromatic rings. The lowest BCUT2D eigenvalue weighted by atomic mass is 10.3. The third kappa shape index (κ3) is 27.1. The number of hydrogen-bond acceptors (Lipinski definition) is 3. The molecule has 3 N–H and O–H groups in total. The van der Waals surface area contributed by atoms with E-state index in [9.17, 15) is 0 Å². The number of rotatable bonds is 4. The predicted octanol–water partition coefficient (Wildman–Crippen LogP) is 8.57. The maximum Gasteiger partial charge on any atom is 0.115 e. The van der Waals surface area contributed by atoms with Crippen molar-refractivity contribution in [3.63, 3.8) is 0 Å². The standard InChI is InChI=1S/3C6H6O.2C5H12/c3*7-6-4-2-1-3-5-6;2*1-3-5-4-2/h3*1-5,7H;2*3-5H2,1-2H3. The van der Waals surface area contributed by atoms with Gasteiger partial charge in [-0.2, -0.15) is 0 Å². The summed E-state index contributed by atoms with van der Waals surface area (Å²) in [4.78, 5) is 0. The number of unbranched alkanes of at least 4 members (excludes halogenated alkanes) is 4. The lowest BCUT2D eigenvalue weighted by Crippen LogP contribution is -1.59. The van der Waals surface area contributed by atoms with Crippen LogP contribution in [0.4, 0.5) is 0 Å². The first-order valence-corrected chi connectivity index (χ1v) is 11.2. The molecule has 3 heteroatoms. The molecule has 0 unspecified atom stereocenters. The van der Waals surface area contributed by atoms with Crippen molar-refractivity contribution in [2.75, 3.05) is 0 Å². The highest BCUT2D eigenvalue weighted by Crippen LogP contribution is 2.04. The van der Waals surface area contributed by atoms with Crippen molar-refractivity contribution >= 4 is 0 Å². The third-order valence-electron chi connectivity index (χ3n) is 3.68. The highest BCUT2D eigenvalue weighted by Gasteiger charge is 1.76. The van der Waals surface area contributed by atoms with Gasteiger partial charge < -0.3 is 15.3 Å². The molecule has 3 aromatic carbocycles. The van der Waals surface area contributed by atoms with E-state index < -0.39 is 0 Å². The Hall–Kier alpha value is -2.94. The van der Waals surface area contributed by atoms with Crippen LogP contribution in [0.25, 0.3) is 0 Å². The fraction of sp³-hybridized carbons (Fsp3) is 0.357. The van der Waals surface area contributed by atoms with E-state index in [4.69, 9.17) is 15.3 Å². The summed E-state index contributed by atoms with van der Waals surface area (Å²) in [6, 6.07) is 26.1. The normalized spacial score (nSPS) is 8.52. The van der Waals surface area contributed by atoms with Gasteiger partial charge in [-0.25, -0.2) is 0 Å². The molecular weight excluding hydrogens is 384 g/mol. The first-order chi connectivity index (χ1) is 15.0. The Morgan fingerprint density at radius 1 is 0.387 bits per heavy atom. The second-order valence-corrected chi connectivity index (χ2v) is 6.71. The summed E-state index contributed by atoms with van der Waals surface area (Å²) in [7, 11) is 0. The fourth-order valence-electron chi connectivity index (χ4n) is 1.99. The van der Waals surface area contributed by atoms with E-state index in [0.717, 1.165) is 0 Å². The Morgan fingerprint density at radius 3 is 0.645 bits per heavy atom. The van der Waals surface area contributed by atoms with Gasteiger partial charge in [-0.05, 0) is 36.4 Å². The molecule has 0 atom stereocenters. The molecule has 0 spiro atoms. The molecule has 172 valence electrons. The lowest BCUT2D eigenvalue weighted by molar-refractivity contribution is 0.475. The largest absolute Gasteiger partial charge is 0.508 e. The summed E-state index contributed by atoms with van der Waals surface area (Å²) < 4.78 is 0. The number of phenols is 3. The summed E-state index contributed by atoms with van der Waals surface area (Å²) in [5.74, 6) is 0.965. The van der Waals surface area contributed by atoms with Crippen molar-refractivity contribution in [3.8, 4) is 17.2 Å². The Morgan fingerprint density at radius 2 is 0.581 bits per heavy atom. The molecule has 0 aliphatic heterocycles. The van der Waals surface area contributed by atoms with E-state index in [1.54, 1.807) is 72.8 Å². The summed E-state index contributed by atoms with van der Waals surface area (Å²) in [6.45, 7) is 8.85. The third-order valence-corrected chi connectivity index (χ3v) is 3.68. The van der Waals surface area contributed by atoms with Crippen molar-refractivity contribution in [2.24, 2.45) is 0 Å². The first kappa shape index (κ1) is 30.3. The monoisotopic (exact) mass is 426 g/mol. The molecule has 0 saturated carbocycles. The van der Waals surface area contributed by atoms with Gasteiger partial charge in [0.2, 0.25) is 0 Å². The molecule has 3 rings (SSSR count). The second-order valence-electron chi connectivity index (χ2n) is 6.71. The summed E-state index contributed by atoms with van der Waals surface area (Å²) in [5.41, 5.74) is 0. The molecule has 0 fully saturated rings. The number of aromatic hydroxyl groups is 3. The summed E-state index contributed by atoms with van der Waals surface area (Å²) in [5, 5.41) is 25.9. The smallest absolute Gasteiger partial charge is 0.115 e. The number of hydrogen-bond donors (Lipinski definition) is 3. The van der Waals surface area contributed by atoms with E-state index in [1.807, 2.05) is 18.2 Å². The van der Waals surface area contributed by atoms with Crippen molar-refractivity contribution < 1.29 is 15.3 Å². The average molecular weight is 427 g/mol. The second kappa shape index (κ2) is 25.1. The van der Waals surface area contributed by atoms with Gasteiger partial charge in [0.1, 0.15) is 17.2 Å². The Balaban J connectivity index is 0. The van der Waals surface area contributed by atoms with Crippen molar-refractivity contribution in [1.29, 1.82) is 0 Å². The molecule has 0 amide bonds. The molecule has 31 heavy (non-hydrogen) atoms.